The summed E-state index contributed by atoms with van der Waals surface area (Å²) >= 11 is 0. The van der Waals surface area contributed by atoms with E-state index in [1.54, 1.807) is 0 Å². The van der Waals surface area contributed by atoms with E-state index in [2.05, 4.69) is 15.3 Å². The topological polar surface area (TPSA) is 40.7 Å². The molecular formula is C8H15Cl2N3. The average Bonchev–Trinajstić information content (AvgIpc) is 2.55. The molecule has 1 aromatic heterocycles. The van der Waals surface area contributed by atoms with Crippen molar-refractivity contribution in [2.45, 2.75) is 19.3 Å². The van der Waals surface area contributed by atoms with E-state index in [4.69, 9.17) is 0 Å². The lowest BCUT2D eigenvalue weighted by Gasteiger charge is -2.01. The maximum atomic E-state index is 4.30. The predicted octanol–water partition coefficient (Wildman–Crippen LogP) is 1.64. The van der Waals surface area contributed by atoms with Crippen molar-refractivity contribution in [1.29, 1.82) is 0 Å². The molecule has 0 bridgehead atoms. The third-order valence-electron chi connectivity index (χ3n) is 2.17. The van der Waals surface area contributed by atoms with E-state index in [1.165, 1.54) is 6.42 Å². The van der Waals surface area contributed by atoms with Gasteiger partial charge in [0.1, 0.15) is 5.82 Å². The number of aromatic nitrogens is 2. The van der Waals surface area contributed by atoms with E-state index in [-0.39, 0.29) is 24.8 Å². The second kappa shape index (κ2) is 5.47. The molecule has 2 N–H and O–H groups in total. The number of imidazole rings is 1. The van der Waals surface area contributed by atoms with Crippen LogP contribution in [0.2, 0.25) is 0 Å². The summed E-state index contributed by atoms with van der Waals surface area (Å²) in [6.07, 6.45) is 3.11. The predicted molar refractivity (Wildman–Crippen MR) is 58.0 cm³/mol. The highest BCUT2D eigenvalue weighted by atomic mass is 35.5. The Morgan fingerprint density at radius 1 is 1.46 bits per heavy atom. The number of halogens is 2. The molecular weight excluding hydrogens is 209 g/mol. The number of nitrogens with one attached hydrogen (secondary N) is 2. The van der Waals surface area contributed by atoms with E-state index in [0.29, 0.717) is 5.92 Å². The molecule has 1 aromatic rings. The van der Waals surface area contributed by atoms with E-state index in [1.807, 2.05) is 13.1 Å². The zero-order chi connectivity index (χ0) is 7.68. The molecule has 1 unspecified atom stereocenters. The molecule has 3 nitrogen and oxygen atoms in total. The van der Waals surface area contributed by atoms with Gasteiger partial charge in [-0.15, -0.1) is 24.8 Å². The van der Waals surface area contributed by atoms with Gasteiger partial charge >= 0.3 is 0 Å². The van der Waals surface area contributed by atoms with E-state index >= 15 is 0 Å². The van der Waals surface area contributed by atoms with Crippen LogP contribution in [0.5, 0.6) is 0 Å². The Labute approximate surface area is 90.5 Å². The lowest BCUT2D eigenvalue weighted by molar-refractivity contribution is 0.713. The Balaban J connectivity index is 0.000000720. The maximum absolute atomic E-state index is 4.30. The summed E-state index contributed by atoms with van der Waals surface area (Å²) in [6, 6.07) is 0. The molecule has 2 rings (SSSR count). The molecule has 76 valence electrons. The van der Waals surface area contributed by atoms with Gasteiger partial charge in [0.15, 0.2) is 0 Å². The average molecular weight is 224 g/mol. The Kier molecular flexibility index (Phi) is 5.37. The first-order valence-corrected chi connectivity index (χ1v) is 4.08. The lowest BCUT2D eigenvalue weighted by atomic mass is 10.1. The van der Waals surface area contributed by atoms with Crippen LogP contribution in [0, 0.1) is 6.92 Å². The molecule has 1 atom stereocenters. The standard InChI is InChI=1S/C8H13N3.2ClH/c1-6-4-10-8(11-6)7-2-3-9-5-7;;/h4,7,9H,2-3,5H2,1H3,(H,10,11);2*1H. The monoisotopic (exact) mass is 223 g/mol. The number of hydrogen-bond acceptors (Lipinski definition) is 2. The fraction of sp³-hybridized carbons (Fsp3) is 0.625. The summed E-state index contributed by atoms with van der Waals surface area (Å²) in [5, 5.41) is 3.32. The zero-order valence-corrected chi connectivity index (χ0v) is 9.17. The van der Waals surface area contributed by atoms with Crippen LogP contribution in [0.3, 0.4) is 0 Å². The number of nitrogens with zero attached hydrogens (tertiary/aromatic N) is 1. The number of hydrogen-bond donors (Lipinski definition) is 2. The molecule has 0 amide bonds. The molecule has 0 radical (unpaired) electrons. The van der Waals surface area contributed by atoms with Gasteiger partial charge in [-0.05, 0) is 19.9 Å². The Morgan fingerprint density at radius 2 is 2.23 bits per heavy atom. The normalized spacial score (nSPS) is 20.5. The third-order valence-corrected chi connectivity index (χ3v) is 2.17. The molecule has 1 aliphatic rings. The van der Waals surface area contributed by atoms with Crippen LogP contribution < -0.4 is 5.32 Å². The van der Waals surface area contributed by atoms with Gasteiger partial charge in [-0.3, -0.25) is 0 Å². The summed E-state index contributed by atoms with van der Waals surface area (Å²) in [7, 11) is 0. The lowest BCUT2D eigenvalue weighted by Crippen LogP contribution is -2.08. The highest BCUT2D eigenvalue weighted by molar-refractivity contribution is 5.85. The van der Waals surface area contributed by atoms with Crippen LogP contribution in [-0.2, 0) is 0 Å². The summed E-state index contributed by atoms with van der Waals surface area (Å²) in [4.78, 5) is 7.57. The molecule has 1 fully saturated rings. The zero-order valence-electron chi connectivity index (χ0n) is 7.54. The van der Waals surface area contributed by atoms with Gasteiger partial charge in [-0.25, -0.2) is 4.98 Å². The van der Waals surface area contributed by atoms with E-state index < -0.39 is 0 Å². The first kappa shape index (κ1) is 12.8. The van der Waals surface area contributed by atoms with E-state index in [0.717, 1.165) is 24.6 Å². The van der Waals surface area contributed by atoms with Crippen LogP contribution in [0.25, 0.3) is 0 Å². The van der Waals surface area contributed by atoms with Crippen LogP contribution >= 0.6 is 24.8 Å². The number of H-pyrrole nitrogens is 1. The van der Waals surface area contributed by atoms with Crippen molar-refractivity contribution in [1.82, 2.24) is 15.3 Å². The molecule has 0 spiro atoms. The van der Waals surface area contributed by atoms with Crippen LogP contribution in [0.15, 0.2) is 6.20 Å². The van der Waals surface area contributed by atoms with Crippen molar-refractivity contribution in [2.75, 3.05) is 13.1 Å². The van der Waals surface area contributed by atoms with Crippen molar-refractivity contribution in [3.8, 4) is 0 Å². The first-order valence-electron chi connectivity index (χ1n) is 4.08. The Hall–Kier alpha value is -0.250. The van der Waals surface area contributed by atoms with Gasteiger partial charge in [0.05, 0.1) is 0 Å². The van der Waals surface area contributed by atoms with Crippen LogP contribution in [0.1, 0.15) is 23.9 Å². The van der Waals surface area contributed by atoms with Gasteiger partial charge in [0, 0.05) is 24.4 Å². The number of aromatic amines is 1. The minimum absolute atomic E-state index is 0. The van der Waals surface area contributed by atoms with Gasteiger partial charge in [0.2, 0.25) is 0 Å². The van der Waals surface area contributed by atoms with Crippen LogP contribution in [0.4, 0.5) is 0 Å². The molecule has 0 aliphatic carbocycles. The fourth-order valence-electron chi connectivity index (χ4n) is 1.53. The fourth-order valence-corrected chi connectivity index (χ4v) is 1.53. The van der Waals surface area contributed by atoms with Crippen molar-refractivity contribution < 1.29 is 0 Å². The second-order valence-electron chi connectivity index (χ2n) is 3.14. The van der Waals surface area contributed by atoms with Crippen molar-refractivity contribution in [3.05, 3.63) is 17.7 Å². The van der Waals surface area contributed by atoms with E-state index in [9.17, 15) is 0 Å². The SMILES string of the molecule is Cc1cnc(C2CCNC2)[nH]1.Cl.Cl. The van der Waals surface area contributed by atoms with Gasteiger partial charge < -0.3 is 10.3 Å². The highest BCUT2D eigenvalue weighted by Crippen LogP contribution is 2.18. The van der Waals surface area contributed by atoms with Gasteiger partial charge in [-0.2, -0.15) is 0 Å². The smallest absolute Gasteiger partial charge is 0.110 e. The molecule has 0 aromatic carbocycles. The van der Waals surface area contributed by atoms with Gasteiger partial charge in [0.25, 0.3) is 0 Å². The largest absolute Gasteiger partial charge is 0.346 e. The molecule has 0 saturated carbocycles. The second-order valence-corrected chi connectivity index (χ2v) is 3.14. The van der Waals surface area contributed by atoms with Crippen molar-refractivity contribution >= 4 is 24.8 Å². The molecule has 5 heteroatoms. The quantitative estimate of drug-likeness (QED) is 0.761. The summed E-state index contributed by atoms with van der Waals surface area (Å²) < 4.78 is 0. The van der Waals surface area contributed by atoms with Crippen molar-refractivity contribution in [2.24, 2.45) is 0 Å². The molecule has 1 aliphatic heterocycles. The van der Waals surface area contributed by atoms with Crippen molar-refractivity contribution in [3.63, 3.8) is 0 Å². The minimum atomic E-state index is 0. The van der Waals surface area contributed by atoms with Crippen LogP contribution in [-0.4, -0.2) is 23.1 Å². The maximum Gasteiger partial charge on any atom is 0.110 e. The number of rotatable bonds is 1. The van der Waals surface area contributed by atoms with Gasteiger partial charge in [-0.1, -0.05) is 0 Å². The first-order chi connectivity index (χ1) is 5.36. The highest BCUT2D eigenvalue weighted by Gasteiger charge is 2.18. The molecule has 1 saturated heterocycles. The summed E-state index contributed by atoms with van der Waals surface area (Å²) in [5.74, 6) is 1.76. The number of aryl methyl sites for hydroxylation is 1. The minimum Gasteiger partial charge on any atom is -0.346 e. The third kappa shape index (κ3) is 2.86. The Bertz CT molecular complexity index is 243. The Morgan fingerprint density at radius 3 is 2.69 bits per heavy atom. The summed E-state index contributed by atoms with van der Waals surface area (Å²) in [5.41, 5.74) is 1.16. The molecule has 2 heterocycles. The summed E-state index contributed by atoms with van der Waals surface area (Å²) in [6.45, 7) is 4.25. The molecule has 13 heavy (non-hydrogen) atoms.